The molecule has 0 radical (unpaired) electrons. The molecule has 0 saturated carbocycles. The zero-order valence-electron chi connectivity index (χ0n) is 11.4. The topological polar surface area (TPSA) is 58.4 Å². The number of carbonyl (C=O) groups excluding carboxylic acids is 1. The first-order valence-electron chi connectivity index (χ1n) is 6.52. The number of amides is 1. The molecule has 1 aliphatic rings. The van der Waals surface area contributed by atoms with Crippen LogP contribution in [0.25, 0.3) is 0 Å². The van der Waals surface area contributed by atoms with E-state index in [1.54, 1.807) is 6.92 Å². The number of likely N-dealkylation sites (tertiary alicyclic amines) is 1. The molecule has 1 fully saturated rings. The largest absolute Gasteiger partial charge is 0.399 e. The number of benzene rings is 1. The quantitative estimate of drug-likeness (QED) is 0.797. The number of nitrogens with two attached hydrogens (primary N) is 1. The van der Waals surface area contributed by atoms with Crippen molar-refractivity contribution in [3.8, 4) is 0 Å². The molecule has 104 valence electrons. The van der Waals surface area contributed by atoms with E-state index in [1.807, 2.05) is 0 Å². The van der Waals surface area contributed by atoms with E-state index in [-0.39, 0.29) is 17.5 Å². The standard InChI is InChI=1S/C14H20FN3O/c1-9-7-10(16)8-12(13(9)15)14(19)17-11-3-5-18(2)6-4-11/h7-8,11H,3-6,16H2,1-2H3,(H,17,19). The molecule has 0 aliphatic carbocycles. The number of carbonyl (C=O) groups is 1. The van der Waals surface area contributed by atoms with Gasteiger partial charge in [0.15, 0.2) is 0 Å². The molecule has 1 amide bonds. The summed E-state index contributed by atoms with van der Waals surface area (Å²) < 4.78 is 13.9. The second-order valence-corrected chi connectivity index (χ2v) is 5.25. The van der Waals surface area contributed by atoms with Crippen LogP contribution in [0, 0.1) is 12.7 Å². The van der Waals surface area contributed by atoms with Crippen LogP contribution in [0.3, 0.4) is 0 Å². The summed E-state index contributed by atoms with van der Waals surface area (Å²) in [5, 5.41) is 2.89. The molecule has 1 aromatic carbocycles. The van der Waals surface area contributed by atoms with Crippen LogP contribution in [-0.2, 0) is 0 Å². The molecule has 0 bridgehead atoms. The fraction of sp³-hybridized carbons (Fsp3) is 0.500. The first-order chi connectivity index (χ1) is 8.97. The summed E-state index contributed by atoms with van der Waals surface area (Å²) in [6.45, 7) is 3.50. The summed E-state index contributed by atoms with van der Waals surface area (Å²) in [6.07, 6.45) is 1.79. The Morgan fingerprint density at radius 3 is 2.68 bits per heavy atom. The van der Waals surface area contributed by atoms with Crippen LogP contribution in [0.4, 0.5) is 10.1 Å². The Bertz CT molecular complexity index is 482. The SMILES string of the molecule is Cc1cc(N)cc(C(=O)NC2CCN(C)CC2)c1F. The van der Waals surface area contributed by atoms with Crippen molar-refractivity contribution in [3.05, 3.63) is 29.1 Å². The Kier molecular flexibility index (Phi) is 4.04. The summed E-state index contributed by atoms with van der Waals surface area (Å²) in [7, 11) is 2.05. The van der Waals surface area contributed by atoms with Crippen LogP contribution >= 0.6 is 0 Å². The second kappa shape index (κ2) is 5.57. The van der Waals surface area contributed by atoms with Crippen LogP contribution < -0.4 is 11.1 Å². The third-order valence-electron chi connectivity index (χ3n) is 3.58. The Morgan fingerprint density at radius 2 is 2.05 bits per heavy atom. The van der Waals surface area contributed by atoms with E-state index in [0.29, 0.717) is 11.3 Å². The predicted molar refractivity (Wildman–Crippen MR) is 73.5 cm³/mol. The highest BCUT2D eigenvalue weighted by Gasteiger charge is 2.21. The molecule has 1 heterocycles. The number of halogens is 1. The molecular weight excluding hydrogens is 245 g/mol. The van der Waals surface area contributed by atoms with E-state index in [1.165, 1.54) is 12.1 Å². The lowest BCUT2D eigenvalue weighted by Crippen LogP contribution is -2.43. The van der Waals surface area contributed by atoms with Crippen molar-refractivity contribution in [1.29, 1.82) is 0 Å². The van der Waals surface area contributed by atoms with Crippen molar-refractivity contribution < 1.29 is 9.18 Å². The monoisotopic (exact) mass is 265 g/mol. The van der Waals surface area contributed by atoms with Crippen molar-refractivity contribution in [2.75, 3.05) is 25.9 Å². The maximum absolute atomic E-state index is 13.9. The maximum Gasteiger partial charge on any atom is 0.254 e. The number of nitrogens with zero attached hydrogens (tertiary/aromatic N) is 1. The third-order valence-corrected chi connectivity index (χ3v) is 3.58. The number of piperidine rings is 1. The highest BCUT2D eigenvalue weighted by Crippen LogP contribution is 2.18. The molecule has 1 saturated heterocycles. The third kappa shape index (κ3) is 3.23. The second-order valence-electron chi connectivity index (χ2n) is 5.25. The van der Waals surface area contributed by atoms with Crippen LogP contribution in [0.2, 0.25) is 0 Å². The Labute approximate surface area is 112 Å². The van der Waals surface area contributed by atoms with Crippen LogP contribution in [-0.4, -0.2) is 37.0 Å². The lowest BCUT2D eigenvalue weighted by atomic mass is 10.0. The van der Waals surface area contributed by atoms with E-state index >= 15 is 0 Å². The molecule has 4 nitrogen and oxygen atoms in total. The van der Waals surface area contributed by atoms with Gasteiger partial charge in [0.05, 0.1) is 5.56 Å². The molecule has 0 atom stereocenters. The summed E-state index contributed by atoms with van der Waals surface area (Å²) in [5.41, 5.74) is 6.51. The Hall–Kier alpha value is -1.62. The lowest BCUT2D eigenvalue weighted by Gasteiger charge is -2.29. The van der Waals surface area contributed by atoms with Crippen LogP contribution in [0.1, 0.15) is 28.8 Å². The van der Waals surface area contributed by atoms with Crippen molar-refractivity contribution in [2.45, 2.75) is 25.8 Å². The molecule has 1 aromatic rings. The van der Waals surface area contributed by atoms with Gasteiger partial charge in [0.1, 0.15) is 5.82 Å². The van der Waals surface area contributed by atoms with Crippen molar-refractivity contribution in [1.82, 2.24) is 10.2 Å². The van der Waals surface area contributed by atoms with Crippen molar-refractivity contribution in [2.24, 2.45) is 0 Å². The molecule has 0 unspecified atom stereocenters. The normalized spacial score (nSPS) is 17.4. The van der Waals surface area contributed by atoms with Gasteiger partial charge >= 0.3 is 0 Å². The number of hydrogen-bond donors (Lipinski definition) is 2. The van der Waals surface area contributed by atoms with E-state index < -0.39 is 5.82 Å². The van der Waals surface area contributed by atoms with Crippen LogP contribution in [0.15, 0.2) is 12.1 Å². The summed E-state index contributed by atoms with van der Waals surface area (Å²) >= 11 is 0. The molecule has 5 heteroatoms. The Morgan fingerprint density at radius 1 is 1.42 bits per heavy atom. The van der Waals surface area contributed by atoms with Crippen LogP contribution in [0.5, 0.6) is 0 Å². The summed E-state index contributed by atoms with van der Waals surface area (Å²) in [4.78, 5) is 14.3. The van der Waals surface area contributed by atoms with Gasteiger partial charge in [-0.15, -0.1) is 0 Å². The molecule has 1 aliphatic heterocycles. The number of hydrogen-bond acceptors (Lipinski definition) is 3. The van der Waals surface area contributed by atoms with Gasteiger partial charge in [0.2, 0.25) is 0 Å². The molecule has 19 heavy (non-hydrogen) atoms. The van der Waals surface area contributed by atoms with E-state index in [9.17, 15) is 9.18 Å². The van der Waals surface area contributed by atoms with Gasteiger partial charge in [-0.25, -0.2) is 4.39 Å². The predicted octanol–water partition coefficient (Wildman–Crippen LogP) is 1.54. The van der Waals surface area contributed by atoms with Gasteiger partial charge in [0, 0.05) is 11.7 Å². The number of nitrogen functional groups attached to an aromatic ring is 1. The average molecular weight is 265 g/mol. The first kappa shape index (κ1) is 13.8. The summed E-state index contributed by atoms with van der Waals surface area (Å²) in [5.74, 6) is -0.859. The van der Waals surface area contributed by atoms with Gasteiger partial charge in [0.25, 0.3) is 5.91 Å². The number of anilines is 1. The molecular formula is C14H20FN3O. The van der Waals surface area contributed by atoms with Gasteiger partial charge in [-0.1, -0.05) is 0 Å². The number of nitrogens with one attached hydrogen (secondary N) is 1. The van der Waals surface area contributed by atoms with Gasteiger partial charge < -0.3 is 16.0 Å². The molecule has 3 N–H and O–H groups in total. The van der Waals surface area contributed by atoms with Gasteiger partial charge in [-0.3, -0.25) is 4.79 Å². The average Bonchev–Trinajstić information content (AvgIpc) is 2.36. The number of aryl methyl sites for hydroxylation is 1. The highest BCUT2D eigenvalue weighted by molar-refractivity contribution is 5.95. The van der Waals surface area contributed by atoms with E-state index in [0.717, 1.165) is 25.9 Å². The first-order valence-corrected chi connectivity index (χ1v) is 6.52. The smallest absolute Gasteiger partial charge is 0.254 e. The fourth-order valence-corrected chi connectivity index (χ4v) is 2.38. The zero-order chi connectivity index (χ0) is 14.0. The van der Waals surface area contributed by atoms with Gasteiger partial charge in [-0.2, -0.15) is 0 Å². The molecule has 0 spiro atoms. The van der Waals surface area contributed by atoms with E-state index in [4.69, 9.17) is 5.73 Å². The minimum atomic E-state index is -0.486. The van der Waals surface area contributed by atoms with E-state index in [2.05, 4.69) is 17.3 Å². The minimum absolute atomic E-state index is 0.0384. The van der Waals surface area contributed by atoms with Crippen molar-refractivity contribution >= 4 is 11.6 Å². The minimum Gasteiger partial charge on any atom is -0.399 e. The maximum atomic E-state index is 13.9. The Balaban J connectivity index is 2.08. The summed E-state index contributed by atoms with van der Waals surface area (Å²) in [6, 6.07) is 3.04. The lowest BCUT2D eigenvalue weighted by molar-refractivity contribution is 0.0912. The van der Waals surface area contributed by atoms with Crippen molar-refractivity contribution in [3.63, 3.8) is 0 Å². The number of rotatable bonds is 2. The zero-order valence-corrected chi connectivity index (χ0v) is 11.4. The van der Waals surface area contributed by atoms with Gasteiger partial charge in [-0.05, 0) is 57.6 Å². The fourth-order valence-electron chi connectivity index (χ4n) is 2.38. The highest BCUT2D eigenvalue weighted by atomic mass is 19.1. The molecule has 2 rings (SSSR count). The molecule has 0 aromatic heterocycles.